The first-order valence-electron chi connectivity index (χ1n) is 4.93. The summed E-state index contributed by atoms with van der Waals surface area (Å²) in [5, 5.41) is 4.21. The molecule has 4 heteroatoms. The van der Waals surface area contributed by atoms with Crippen LogP contribution >= 0.6 is 0 Å². The second-order valence-electron chi connectivity index (χ2n) is 3.67. The number of hydrogen-bond donors (Lipinski definition) is 0. The van der Waals surface area contributed by atoms with Crippen molar-refractivity contribution in [1.29, 1.82) is 0 Å². The van der Waals surface area contributed by atoms with Crippen LogP contribution in [0.5, 0.6) is 0 Å². The summed E-state index contributed by atoms with van der Waals surface area (Å²) in [6.07, 6.45) is 3.37. The van der Waals surface area contributed by atoms with E-state index in [1.807, 2.05) is 6.92 Å². The minimum Gasteiger partial charge on any atom is -0.444 e. The maximum absolute atomic E-state index is 12.8. The highest BCUT2D eigenvalue weighted by Gasteiger charge is 2.10. The van der Waals surface area contributed by atoms with Gasteiger partial charge in [-0.3, -0.25) is 0 Å². The van der Waals surface area contributed by atoms with Gasteiger partial charge in [-0.15, -0.1) is 0 Å². The van der Waals surface area contributed by atoms with E-state index >= 15 is 0 Å². The molecule has 3 rings (SSSR count). The molecule has 0 aliphatic heterocycles. The topological polar surface area (TPSA) is 30.4 Å². The van der Waals surface area contributed by atoms with Gasteiger partial charge >= 0.3 is 0 Å². The lowest BCUT2D eigenvalue weighted by Crippen LogP contribution is -1.87. The molecule has 80 valence electrons. The molecule has 0 aliphatic carbocycles. The van der Waals surface area contributed by atoms with E-state index in [0.717, 1.165) is 22.5 Å². The molecule has 0 radical (unpaired) electrons. The average molecular weight is 216 g/mol. The number of aromatic nitrogens is 2. The fourth-order valence-corrected chi connectivity index (χ4v) is 1.71. The predicted octanol–water partition coefficient (Wildman–Crippen LogP) is 3.04. The van der Waals surface area contributed by atoms with Gasteiger partial charge in [0.1, 0.15) is 17.8 Å². The van der Waals surface area contributed by atoms with Gasteiger partial charge in [-0.2, -0.15) is 9.61 Å². The van der Waals surface area contributed by atoms with Crippen LogP contribution < -0.4 is 0 Å². The molecule has 0 N–H and O–H groups in total. The van der Waals surface area contributed by atoms with Crippen molar-refractivity contribution in [2.24, 2.45) is 0 Å². The van der Waals surface area contributed by atoms with Gasteiger partial charge in [0, 0.05) is 11.1 Å². The maximum atomic E-state index is 12.8. The van der Waals surface area contributed by atoms with E-state index in [1.54, 1.807) is 29.1 Å². The number of benzene rings is 1. The zero-order chi connectivity index (χ0) is 11.1. The van der Waals surface area contributed by atoms with E-state index in [1.165, 1.54) is 12.1 Å². The molecule has 0 saturated heterocycles. The number of halogens is 1. The first kappa shape index (κ1) is 9.15. The fourth-order valence-electron chi connectivity index (χ4n) is 1.71. The molecule has 16 heavy (non-hydrogen) atoms. The molecule has 0 atom stereocenters. The summed E-state index contributed by atoms with van der Waals surface area (Å²) in [7, 11) is 0. The fraction of sp³-hybridized carbons (Fsp3) is 0.0833. The molecule has 3 nitrogen and oxygen atoms in total. The predicted molar refractivity (Wildman–Crippen MR) is 57.6 cm³/mol. The number of hydrogen-bond acceptors (Lipinski definition) is 2. The summed E-state index contributed by atoms with van der Waals surface area (Å²) >= 11 is 0. The molecule has 2 heterocycles. The summed E-state index contributed by atoms with van der Waals surface area (Å²) in [6.45, 7) is 1.93. The van der Waals surface area contributed by atoms with E-state index in [0.29, 0.717) is 0 Å². The quantitative estimate of drug-likeness (QED) is 0.625. The van der Waals surface area contributed by atoms with Crippen molar-refractivity contribution in [2.45, 2.75) is 6.92 Å². The third kappa shape index (κ3) is 1.23. The molecular weight excluding hydrogens is 207 g/mol. The van der Waals surface area contributed by atoms with Crippen molar-refractivity contribution in [3.63, 3.8) is 0 Å². The third-order valence-electron chi connectivity index (χ3n) is 2.55. The zero-order valence-corrected chi connectivity index (χ0v) is 8.64. The standard InChI is InChI=1S/C12H9FN2O/c1-8-6-14-15-11(7-16-12(8)15)9-2-4-10(13)5-3-9/h2-7H,1H3. The summed E-state index contributed by atoms with van der Waals surface area (Å²) in [5.74, 6) is -0.250. The summed E-state index contributed by atoms with van der Waals surface area (Å²) in [4.78, 5) is 0. The number of fused-ring (bicyclic) bond motifs is 1. The van der Waals surface area contributed by atoms with Crippen molar-refractivity contribution in [1.82, 2.24) is 9.61 Å². The molecule has 1 aromatic carbocycles. The van der Waals surface area contributed by atoms with Crippen molar-refractivity contribution in [2.75, 3.05) is 0 Å². The Hall–Kier alpha value is -2.10. The molecule has 0 saturated carbocycles. The summed E-state index contributed by atoms with van der Waals surface area (Å²) in [5.41, 5.74) is 3.40. The highest BCUT2D eigenvalue weighted by atomic mass is 19.1. The van der Waals surface area contributed by atoms with E-state index in [2.05, 4.69) is 5.10 Å². The van der Waals surface area contributed by atoms with Gasteiger partial charge in [-0.05, 0) is 31.2 Å². The van der Waals surface area contributed by atoms with E-state index < -0.39 is 0 Å². The van der Waals surface area contributed by atoms with Crippen molar-refractivity contribution in [3.05, 3.63) is 48.1 Å². The van der Waals surface area contributed by atoms with Crippen molar-refractivity contribution >= 4 is 5.71 Å². The Bertz CT molecular complexity index is 637. The average Bonchev–Trinajstić information content (AvgIpc) is 2.84. The van der Waals surface area contributed by atoms with Crippen LogP contribution in [0.15, 0.2) is 41.1 Å². The highest BCUT2D eigenvalue weighted by molar-refractivity contribution is 5.62. The van der Waals surface area contributed by atoms with Gasteiger partial charge in [0.2, 0.25) is 5.71 Å². The van der Waals surface area contributed by atoms with E-state index in [4.69, 9.17) is 4.42 Å². The second kappa shape index (κ2) is 3.20. The minimum absolute atomic E-state index is 0.250. The van der Waals surface area contributed by atoms with Crippen LogP contribution in [0, 0.1) is 12.7 Å². The molecule has 0 spiro atoms. The van der Waals surface area contributed by atoms with Crippen LogP contribution in [-0.4, -0.2) is 9.61 Å². The molecule has 0 bridgehead atoms. The lowest BCUT2D eigenvalue weighted by molar-refractivity contribution is 0.604. The van der Waals surface area contributed by atoms with E-state index in [9.17, 15) is 4.39 Å². The van der Waals surface area contributed by atoms with Crippen LogP contribution in [0.3, 0.4) is 0 Å². The monoisotopic (exact) mass is 216 g/mol. The number of rotatable bonds is 1. The van der Waals surface area contributed by atoms with Crippen LogP contribution in [0.1, 0.15) is 5.56 Å². The second-order valence-corrected chi connectivity index (χ2v) is 3.67. The summed E-state index contributed by atoms with van der Waals surface area (Å²) in [6, 6.07) is 6.25. The Kier molecular flexibility index (Phi) is 1.83. The third-order valence-corrected chi connectivity index (χ3v) is 2.55. The Labute approximate surface area is 91.1 Å². The normalized spacial score (nSPS) is 11.1. The highest BCUT2D eigenvalue weighted by Crippen LogP contribution is 2.23. The van der Waals surface area contributed by atoms with Gasteiger partial charge in [0.15, 0.2) is 0 Å². The molecule has 0 fully saturated rings. The number of aryl methyl sites for hydroxylation is 1. The minimum atomic E-state index is -0.250. The Morgan fingerprint density at radius 2 is 2.00 bits per heavy atom. The SMILES string of the molecule is Cc1cnn2c(-c3ccc(F)cc3)coc12. The van der Waals surface area contributed by atoms with Gasteiger partial charge < -0.3 is 4.42 Å². The van der Waals surface area contributed by atoms with Gasteiger partial charge in [-0.25, -0.2) is 4.39 Å². The van der Waals surface area contributed by atoms with Crippen LogP contribution in [0.25, 0.3) is 17.0 Å². The largest absolute Gasteiger partial charge is 0.444 e. The molecule has 0 unspecified atom stereocenters. The molecular formula is C12H9FN2O. The van der Waals surface area contributed by atoms with Crippen LogP contribution in [0.4, 0.5) is 4.39 Å². The Morgan fingerprint density at radius 3 is 2.75 bits per heavy atom. The van der Waals surface area contributed by atoms with E-state index in [-0.39, 0.29) is 5.82 Å². The Balaban J connectivity index is 2.22. The molecule has 0 amide bonds. The molecule has 0 aliphatic rings. The van der Waals surface area contributed by atoms with Gasteiger partial charge in [-0.1, -0.05) is 0 Å². The van der Waals surface area contributed by atoms with Gasteiger partial charge in [0.25, 0.3) is 0 Å². The maximum Gasteiger partial charge on any atom is 0.224 e. The lowest BCUT2D eigenvalue weighted by atomic mass is 10.2. The van der Waals surface area contributed by atoms with Crippen molar-refractivity contribution in [3.8, 4) is 11.3 Å². The Morgan fingerprint density at radius 1 is 1.25 bits per heavy atom. The smallest absolute Gasteiger partial charge is 0.224 e. The lowest BCUT2D eigenvalue weighted by Gasteiger charge is -1.96. The first-order valence-corrected chi connectivity index (χ1v) is 4.93. The number of oxazole rings is 1. The molecule has 2 aromatic heterocycles. The van der Waals surface area contributed by atoms with Crippen LogP contribution in [0.2, 0.25) is 0 Å². The molecule has 3 aromatic rings. The first-order chi connectivity index (χ1) is 7.75. The number of nitrogens with zero attached hydrogens (tertiary/aromatic N) is 2. The van der Waals surface area contributed by atoms with Gasteiger partial charge in [0.05, 0.1) is 6.20 Å². The van der Waals surface area contributed by atoms with Crippen molar-refractivity contribution < 1.29 is 8.81 Å². The summed E-state index contributed by atoms with van der Waals surface area (Å²) < 4.78 is 19.9. The zero-order valence-electron chi connectivity index (χ0n) is 8.64. The van der Waals surface area contributed by atoms with Crippen LogP contribution in [-0.2, 0) is 0 Å².